The fourth-order valence-electron chi connectivity index (χ4n) is 1.76. The van der Waals surface area contributed by atoms with Gasteiger partial charge in [-0.3, -0.25) is 10.1 Å². The number of hydrogen-bond donors (Lipinski definition) is 1. The normalized spacial score (nSPS) is 23.6. The van der Waals surface area contributed by atoms with Gasteiger partial charge < -0.3 is 10.5 Å². The fraction of sp³-hybridized carbons (Fsp3) is 0.455. The summed E-state index contributed by atoms with van der Waals surface area (Å²) in [5, 5.41) is 10.5. The number of hydrogen-bond acceptors (Lipinski definition) is 4. The van der Waals surface area contributed by atoms with Crippen molar-refractivity contribution in [3.63, 3.8) is 0 Å². The van der Waals surface area contributed by atoms with Gasteiger partial charge in [-0.1, -0.05) is 0 Å². The van der Waals surface area contributed by atoms with E-state index in [-0.39, 0.29) is 17.8 Å². The molecular formula is C11H14N2O3. The third-order valence-electron chi connectivity index (χ3n) is 2.79. The Bertz CT molecular complexity index is 414. The third-order valence-corrected chi connectivity index (χ3v) is 2.79. The third kappa shape index (κ3) is 2.14. The van der Waals surface area contributed by atoms with Gasteiger partial charge in [-0.25, -0.2) is 0 Å². The lowest BCUT2D eigenvalue weighted by molar-refractivity contribution is -0.384. The van der Waals surface area contributed by atoms with Crippen LogP contribution in [0, 0.1) is 17.0 Å². The highest BCUT2D eigenvalue weighted by atomic mass is 16.6. The zero-order chi connectivity index (χ0) is 11.7. The van der Waals surface area contributed by atoms with Crippen LogP contribution in [-0.2, 0) is 0 Å². The number of nitrogens with zero attached hydrogens (tertiary/aromatic N) is 1. The number of nitro benzene ring substituents is 1. The van der Waals surface area contributed by atoms with Crippen LogP contribution in [0.3, 0.4) is 0 Å². The molecule has 0 amide bonds. The molecule has 0 heterocycles. The Morgan fingerprint density at radius 2 is 2.19 bits per heavy atom. The summed E-state index contributed by atoms with van der Waals surface area (Å²) in [5.41, 5.74) is 6.53. The summed E-state index contributed by atoms with van der Waals surface area (Å²) in [7, 11) is 0. The van der Waals surface area contributed by atoms with Crippen molar-refractivity contribution in [2.24, 2.45) is 5.73 Å². The van der Waals surface area contributed by atoms with Crippen LogP contribution in [0.1, 0.15) is 18.4 Å². The van der Waals surface area contributed by atoms with E-state index >= 15 is 0 Å². The van der Waals surface area contributed by atoms with E-state index in [0.717, 1.165) is 18.4 Å². The number of benzene rings is 1. The van der Waals surface area contributed by atoms with Crippen molar-refractivity contribution in [2.75, 3.05) is 0 Å². The van der Waals surface area contributed by atoms with Gasteiger partial charge in [0.2, 0.25) is 0 Å². The monoisotopic (exact) mass is 222 g/mol. The van der Waals surface area contributed by atoms with Gasteiger partial charge in [0.05, 0.1) is 4.92 Å². The summed E-state index contributed by atoms with van der Waals surface area (Å²) in [6.07, 6.45) is 1.88. The van der Waals surface area contributed by atoms with Crippen molar-refractivity contribution in [1.29, 1.82) is 0 Å². The second-order valence-electron chi connectivity index (χ2n) is 4.18. The molecule has 1 aromatic rings. The fourth-order valence-corrected chi connectivity index (χ4v) is 1.76. The highest BCUT2D eigenvalue weighted by molar-refractivity contribution is 5.43. The first-order chi connectivity index (χ1) is 7.56. The van der Waals surface area contributed by atoms with Crippen LogP contribution < -0.4 is 10.5 Å². The van der Waals surface area contributed by atoms with Gasteiger partial charge in [-0.15, -0.1) is 0 Å². The van der Waals surface area contributed by atoms with Crippen LogP contribution in [0.4, 0.5) is 5.69 Å². The van der Waals surface area contributed by atoms with Crippen LogP contribution in [0.25, 0.3) is 0 Å². The molecule has 0 saturated heterocycles. The molecule has 86 valence electrons. The second-order valence-corrected chi connectivity index (χ2v) is 4.18. The topological polar surface area (TPSA) is 78.4 Å². The molecule has 5 nitrogen and oxygen atoms in total. The zero-order valence-corrected chi connectivity index (χ0v) is 9.05. The van der Waals surface area contributed by atoms with Crippen LogP contribution in [0.2, 0.25) is 0 Å². The van der Waals surface area contributed by atoms with Crippen molar-refractivity contribution in [3.05, 3.63) is 33.9 Å². The lowest BCUT2D eigenvalue weighted by Crippen LogP contribution is -2.43. The van der Waals surface area contributed by atoms with E-state index in [9.17, 15) is 10.1 Å². The van der Waals surface area contributed by atoms with Crippen molar-refractivity contribution < 1.29 is 9.66 Å². The molecule has 0 aliphatic heterocycles. The number of nitro groups is 1. The molecule has 0 unspecified atom stereocenters. The second kappa shape index (κ2) is 4.09. The molecule has 16 heavy (non-hydrogen) atoms. The molecule has 0 atom stereocenters. The largest absolute Gasteiger partial charge is 0.490 e. The first kappa shape index (κ1) is 10.9. The first-order valence-electron chi connectivity index (χ1n) is 5.23. The van der Waals surface area contributed by atoms with Gasteiger partial charge in [-0.2, -0.15) is 0 Å². The molecule has 1 fully saturated rings. The molecule has 1 aliphatic carbocycles. The summed E-state index contributed by atoms with van der Waals surface area (Å²) in [4.78, 5) is 10.1. The van der Waals surface area contributed by atoms with E-state index < -0.39 is 4.92 Å². The molecule has 2 N–H and O–H groups in total. The lowest BCUT2D eigenvalue weighted by Gasteiger charge is -2.32. The van der Waals surface area contributed by atoms with Gasteiger partial charge in [-0.05, 0) is 31.4 Å². The molecule has 1 saturated carbocycles. The zero-order valence-electron chi connectivity index (χ0n) is 9.05. The Balaban J connectivity index is 2.07. The van der Waals surface area contributed by atoms with Crippen molar-refractivity contribution >= 4 is 5.69 Å². The van der Waals surface area contributed by atoms with Crippen LogP contribution in [-0.4, -0.2) is 17.1 Å². The standard InChI is InChI=1S/C11H14N2O3/c1-7-4-9(13(14)15)2-3-11(7)16-10-5-8(12)6-10/h2-4,8,10H,5-6,12H2,1H3. The molecule has 1 aliphatic rings. The quantitative estimate of drug-likeness (QED) is 0.624. The maximum Gasteiger partial charge on any atom is 0.269 e. The minimum absolute atomic E-state index is 0.0927. The van der Waals surface area contributed by atoms with Crippen LogP contribution >= 0.6 is 0 Å². The molecule has 0 spiro atoms. The Kier molecular flexibility index (Phi) is 2.78. The van der Waals surface area contributed by atoms with E-state index in [0.29, 0.717) is 5.75 Å². The average Bonchev–Trinajstić information content (AvgIpc) is 2.18. The molecule has 0 radical (unpaired) electrons. The van der Waals surface area contributed by atoms with Gasteiger partial charge in [0, 0.05) is 18.2 Å². The van der Waals surface area contributed by atoms with Crippen molar-refractivity contribution in [3.8, 4) is 5.75 Å². The molecule has 1 aromatic carbocycles. The molecule has 0 aromatic heterocycles. The van der Waals surface area contributed by atoms with Crippen molar-refractivity contribution in [2.45, 2.75) is 31.9 Å². The number of rotatable bonds is 3. The Morgan fingerprint density at radius 1 is 1.50 bits per heavy atom. The first-order valence-corrected chi connectivity index (χ1v) is 5.23. The smallest absolute Gasteiger partial charge is 0.269 e. The summed E-state index contributed by atoms with van der Waals surface area (Å²) in [6.45, 7) is 1.81. The minimum Gasteiger partial charge on any atom is -0.490 e. The highest BCUT2D eigenvalue weighted by Gasteiger charge is 2.28. The molecular weight excluding hydrogens is 208 g/mol. The SMILES string of the molecule is Cc1cc([N+](=O)[O-])ccc1OC1CC(N)C1. The van der Waals surface area contributed by atoms with Gasteiger partial charge in [0.25, 0.3) is 5.69 Å². The number of ether oxygens (including phenoxy) is 1. The van der Waals surface area contributed by atoms with E-state index in [2.05, 4.69) is 0 Å². The van der Waals surface area contributed by atoms with E-state index in [1.165, 1.54) is 12.1 Å². The van der Waals surface area contributed by atoms with Crippen LogP contribution in [0.15, 0.2) is 18.2 Å². The predicted molar refractivity (Wildman–Crippen MR) is 59.5 cm³/mol. The number of nitrogens with two attached hydrogens (primary N) is 1. The summed E-state index contributed by atoms with van der Waals surface area (Å²) < 4.78 is 5.68. The summed E-state index contributed by atoms with van der Waals surface area (Å²) in [5.74, 6) is 0.711. The maximum absolute atomic E-state index is 10.5. The molecule has 0 bridgehead atoms. The number of aryl methyl sites for hydroxylation is 1. The summed E-state index contributed by atoms with van der Waals surface area (Å²) >= 11 is 0. The molecule has 5 heteroatoms. The Morgan fingerprint density at radius 3 is 2.69 bits per heavy atom. The van der Waals surface area contributed by atoms with E-state index in [1.54, 1.807) is 13.0 Å². The lowest BCUT2D eigenvalue weighted by atomic mass is 9.90. The van der Waals surface area contributed by atoms with Crippen molar-refractivity contribution in [1.82, 2.24) is 0 Å². The average molecular weight is 222 g/mol. The Hall–Kier alpha value is -1.62. The van der Waals surface area contributed by atoms with Gasteiger partial charge in [0.15, 0.2) is 0 Å². The number of non-ortho nitro benzene ring substituents is 1. The van der Waals surface area contributed by atoms with E-state index in [4.69, 9.17) is 10.5 Å². The highest BCUT2D eigenvalue weighted by Crippen LogP contribution is 2.28. The Labute approximate surface area is 93.4 Å². The molecule has 2 rings (SSSR count). The minimum atomic E-state index is -0.407. The van der Waals surface area contributed by atoms with Crippen LogP contribution in [0.5, 0.6) is 5.75 Å². The predicted octanol–water partition coefficient (Wildman–Crippen LogP) is 1.77. The van der Waals surface area contributed by atoms with Gasteiger partial charge in [0.1, 0.15) is 11.9 Å². The maximum atomic E-state index is 10.5. The van der Waals surface area contributed by atoms with E-state index in [1.807, 2.05) is 0 Å². The summed E-state index contributed by atoms with van der Waals surface area (Å²) in [6, 6.07) is 4.87. The van der Waals surface area contributed by atoms with Gasteiger partial charge >= 0.3 is 0 Å².